The summed E-state index contributed by atoms with van der Waals surface area (Å²) < 4.78 is 5.26. The molecule has 0 saturated heterocycles. The molecule has 0 bridgehead atoms. The summed E-state index contributed by atoms with van der Waals surface area (Å²) in [5.41, 5.74) is 2.22. The molecule has 1 aliphatic carbocycles. The normalized spacial score (nSPS) is 20.0. The summed E-state index contributed by atoms with van der Waals surface area (Å²) in [6.07, 6.45) is 2.95. The second kappa shape index (κ2) is 7.47. The van der Waals surface area contributed by atoms with Gasteiger partial charge in [-0.05, 0) is 36.5 Å². The van der Waals surface area contributed by atoms with Crippen LogP contribution in [0.5, 0.6) is 0 Å². The van der Waals surface area contributed by atoms with Crippen molar-refractivity contribution in [2.45, 2.75) is 39.2 Å². The molecule has 128 valence electrons. The maximum Gasteiger partial charge on any atom is 0.257 e. The van der Waals surface area contributed by atoms with E-state index < -0.39 is 0 Å². The Labute approximate surface area is 142 Å². The fourth-order valence-electron chi connectivity index (χ4n) is 2.55. The van der Waals surface area contributed by atoms with Gasteiger partial charge < -0.3 is 15.2 Å². The molecule has 6 heteroatoms. The number of hydrogen-bond acceptors (Lipinski definition) is 4. The topological polar surface area (TPSA) is 75.3 Å². The highest BCUT2D eigenvalue weighted by atomic mass is 16.5. The largest absolute Gasteiger partial charge is 0.356 e. The van der Waals surface area contributed by atoms with Crippen LogP contribution < -0.4 is 10.6 Å². The van der Waals surface area contributed by atoms with Crippen LogP contribution in [0.4, 0.5) is 0 Å². The maximum absolute atomic E-state index is 5.26. The molecule has 0 aliphatic heterocycles. The van der Waals surface area contributed by atoms with Gasteiger partial charge in [-0.2, -0.15) is 4.98 Å². The van der Waals surface area contributed by atoms with Crippen LogP contribution in [0.2, 0.25) is 0 Å². The van der Waals surface area contributed by atoms with E-state index in [1.54, 1.807) is 0 Å². The van der Waals surface area contributed by atoms with Crippen LogP contribution in [0.1, 0.15) is 31.7 Å². The van der Waals surface area contributed by atoms with Gasteiger partial charge in [-0.25, -0.2) is 0 Å². The Balaban J connectivity index is 1.49. The molecule has 1 aliphatic rings. The number of aryl methyl sites for hydroxylation is 1. The van der Waals surface area contributed by atoms with Gasteiger partial charge >= 0.3 is 0 Å². The van der Waals surface area contributed by atoms with Gasteiger partial charge in [-0.15, -0.1) is 0 Å². The monoisotopic (exact) mass is 327 g/mol. The molecule has 6 nitrogen and oxygen atoms in total. The molecule has 0 radical (unpaired) electrons. The van der Waals surface area contributed by atoms with E-state index in [1.165, 1.54) is 12.0 Å². The fourth-order valence-corrected chi connectivity index (χ4v) is 2.55. The van der Waals surface area contributed by atoms with E-state index in [1.807, 2.05) is 26.1 Å². The molecule has 1 aromatic heterocycles. The highest BCUT2D eigenvalue weighted by molar-refractivity contribution is 5.80. The molecule has 1 fully saturated rings. The van der Waals surface area contributed by atoms with Gasteiger partial charge in [0.1, 0.15) is 0 Å². The molecular formula is C18H25N5O. The van der Waals surface area contributed by atoms with Crippen molar-refractivity contribution in [3.63, 3.8) is 0 Å². The number of aromatic nitrogens is 2. The Morgan fingerprint density at radius 2 is 2.08 bits per heavy atom. The highest BCUT2D eigenvalue weighted by Gasteiger charge is 2.33. The van der Waals surface area contributed by atoms with E-state index in [-0.39, 0.29) is 0 Å². The van der Waals surface area contributed by atoms with Crippen molar-refractivity contribution in [3.8, 4) is 11.5 Å². The summed E-state index contributed by atoms with van der Waals surface area (Å²) in [5.74, 6) is 2.97. The molecule has 1 saturated carbocycles. The highest BCUT2D eigenvalue weighted by Crippen LogP contribution is 2.28. The summed E-state index contributed by atoms with van der Waals surface area (Å²) >= 11 is 0. The molecule has 0 spiro atoms. The van der Waals surface area contributed by atoms with E-state index in [0.29, 0.717) is 11.9 Å². The first kappa shape index (κ1) is 16.5. The Morgan fingerprint density at radius 3 is 2.67 bits per heavy atom. The van der Waals surface area contributed by atoms with Gasteiger partial charge in [0.25, 0.3) is 5.89 Å². The lowest BCUT2D eigenvalue weighted by Gasteiger charge is -2.11. The minimum atomic E-state index is 0.581. The van der Waals surface area contributed by atoms with Crippen LogP contribution in [0.25, 0.3) is 11.5 Å². The molecular weight excluding hydrogens is 302 g/mol. The van der Waals surface area contributed by atoms with E-state index in [4.69, 9.17) is 4.52 Å². The van der Waals surface area contributed by atoms with Crippen LogP contribution in [0.3, 0.4) is 0 Å². The number of guanidine groups is 1. The van der Waals surface area contributed by atoms with Crippen molar-refractivity contribution in [3.05, 3.63) is 35.7 Å². The van der Waals surface area contributed by atoms with Crippen molar-refractivity contribution < 1.29 is 4.52 Å². The number of nitrogens with one attached hydrogen (secondary N) is 2. The standard InChI is InChI=1S/C18H25N5O/c1-4-16-22-17(24-23-16)14-7-5-13(6-8-14)9-10-20-18(19-3)21-15-11-12(15)2/h5-8,12,15H,4,9-11H2,1-3H3,(H2,19,20,21). The first-order valence-corrected chi connectivity index (χ1v) is 8.58. The van der Waals surface area contributed by atoms with Crippen LogP contribution in [-0.2, 0) is 12.8 Å². The Kier molecular flexibility index (Phi) is 5.13. The SMILES string of the molecule is CCc1noc(-c2ccc(CCNC(=NC)NC3CC3C)cc2)n1. The first-order chi connectivity index (χ1) is 11.7. The van der Waals surface area contributed by atoms with E-state index >= 15 is 0 Å². The third-order valence-electron chi connectivity index (χ3n) is 4.35. The van der Waals surface area contributed by atoms with Crippen LogP contribution in [0, 0.1) is 5.92 Å². The predicted molar refractivity (Wildman–Crippen MR) is 94.9 cm³/mol. The molecule has 3 rings (SSSR count). The van der Waals surface area contributed by atoms with Crippen molar-refractivity contribution in [2.75, 3.05) is 13.6 Å². The number of aliphatic imine (C=N–C) groups is 1. The van der Waals surface area contributed by atoms with Gasteiger partial charge in [-0.1, -0.05) is 31.1 Å². The van der Waals surface area contributed by atoms with Crippen molar-refractivity contribution in [1.29, 1.82) is 0 Å². The van der Waals surface area contributed by atoms with Crippen molar-refractivity contribution in [1.82, 2.24) is 20.8 Å². The number of hydrogen-bond donors (Lipinski definition) is 2. The Morgan fingerprint density at radius 1 is 1.33 bits per heavy atom. The second-order valence-corrected chi connectivity index (χ2v) is 6.28. The molecule has 2 atom stereocenters. The third-order valence-corrected chi connectivity index (χ3v) is 4.35. The molecule has 2 aromatic rings. The van der Waals surface area contributed by atoms with Gasteiger partial charge in [0.15, 0.2) is 11.8 Å². The number of rotatable bonds is 6. The average molecular weight is 327 g/mol. The molecule has 0 amide bonds. The summed E-state index contributed by atoms with van der Waals surface area (Å²) in [4.78, 5) is 8.62. The lowest BCUT2D eigenvalue weighted by atomic mass is 10.1. The summed E-state index contributed by atoms with van der Waals surface area (Å²) in [6.45, 7) is 5.11. The van der Waals surface area contributed by atoms with Crippen molar-refractivity contribution >= 4 is 5.96 Å². The Bertz CT molecular complexity index is 692. The third kappa shape index (κ3) is 4.13. The van der Waals surface area contributed by atoms with E-state index in [2.05, 4.69) is 44.8 Å². The second-order valence-electron chi connectivity index (χ2n) is 6.28. The number of nitrogens with zero attached hydrogens (tertiary/aromatic N) is 3. The fraction of sp³-hybridized carbons (Fsp3) is 0.500. The Hall–Kier alpha value is -2.37. The van der Waals surface area contributed by atoms with Gasteiger partial charge in [0.2, 0.25) is 0 Å². The van der Waals surface area contributed by atoms with Crippen LogP contribution in [0.15, 0.2) is 33.8 Å². The number of benzene rings is 1. The van der Waals surface area contributed by atoms with E-state index in [9.17, 15) is 0 Å². The zero-order chi connectivity index (χ0) is 16.9. The predicted octanol–water partition coefficient (Wildman–Crippen LogP) is 2.41. The average Bonchev–Trinajstić information content (AvgIpc) is 3.11. The molecule has 24 heavy (non-hydrogen) atoms. The summed E-state index contributed by atoms with van der Waals surface area (Å²) in [6, 6.07) is 8.85. The van der Waals surface area contributed by atoms with Gasteiger partial charge in [-0.3, -0.25) is 4.99 Å². The lowest BCUT2D eigenvalue weighted by molar-refractivity contribution is 0.423. The summed E-state index contributed by atoms with van der Waals surface area (Å²) in [7, 11) is 1.81. The smallest absolute Gasteiger partial charge is 0.257 e. The van der Waals surface area contributed by atoms with Crippen LogP contribution >= 0.6 is 0 Å². The van der Waals surface area contributed by atoms with Crippen molar-refractivity contribution in [2.24, 2.45) is 10.9 Å². The van der Waals surface area contributed by atoms with Crippen LogP contribution in [-0.4, -0.2) is 35.7 Å². The summed E-state index contributed by atoms with van der Waals surface area (Å²) in [5, 5.41) is 10.7. The molecule has 2 N–H and O–H groups in total. The maximum atomic E-state index is 5.26. The molecule has 1 aromatic carbocycles. The minimum Gasteiger partial charge on any atom is -0.356 e. The molecule has 2 unspecified atom stereocenters. The zero-order valence-corrected chi connectivity index (χ0v) is 14.5. The molecule has 1 heterocycles. The quantitative estimate of drug-likeness (QED) is 0.629. The van der Waals surface area contributed by atoms with Gasteiger partial charge in [0, 0.05) is 31.6 Å². The zero-order valence-electron chi connectivity index (χ0n) is 14.5. The lowest BCUT2D eigenvalue weighted by Crippen LogP contribution is -2.39. The minimum absolute atomic E-state index is 0.581. The van der Waals surface area contributed by atoms with E-state index in [0.717, 1.165) is 42.7 Å². The first-order valence-electron chi connectivity index (χ1n) is 8.58. The van der Waals surface area contributed by atoms with Gasteiger partial charge in [0.05, 0.1) is 0 Å².